The summed E-state index contributed by atoms with van der Waals surface area (Å²) in [6, 6.07) is 6.20. The number of aryl methyl sites for hydroxylation is 1. The molecule has 7 nitrogen and oxygen atoms in total. The molecule has 0 radical (unpaired) electrons. The van der Waals surface area contributed by atoms with E-state index in [1.807, 2.05) is 24.7 Å². The summed E-state index contributed by atoms with van der Waals surface area (Å²) in [5.74, 6) is 1.69. The number of oxime groups is 1. The fourth-order valence-electron chi connectivity index (χ4n) is 3.47. The van der Waals surface area contributed by atoms with E-state index in [-0.39, 0.29) is 0 Å². The van der Waals surface area contributed by atoms with Crippen LogP contribution in [-0.2, 0) is 4.84 Å². The Balaban J connectivity index is 1.97. The summed E-state index contributed by atoms with van der Waals surface area (Å²) < 4.78 is 7.62. The van der Waals surface area contributed by atoms with Crippen molar-refractivity contribution in [2.75, 3.05) is 34.5 Å². The average Bonchev–Trinajstić information content (AvgIpc) is 3.05. The third-order valence-electron chi connectivity index (χ3n) is 4.77. The van der Waals surface area contributed by atoms with Crippen LogP contribution in [0.15, 0.2) is 41.5 Å². The highest BCUT2D eigenvalue weighted by Crippen LogP contribution is 2.27. The number of likely N-dealkylation sites (tertiary alicyclic amines) is 1. The molecule has 7 heteroatoms. The molecule has 0 spiro atoms. The third-order valence-corrected chi connectivity index (χ3v) is 4.77. The molecule has 1 aliphatic heterocycles. The van der Waals surface area contributed by atoms with Gasteiger partial charge in [0.25, 0.3) is 0 Å². The summed E-state index contributed by atoms with van der Waals surface area (Å²) >= 11 is 0. The van der Waals surface area contributed by atoms with E-state index in [0.717, 1.165) is 61.0 Å². The van der Waals surface area contributed by atoms with Crippen LogP contribution in [0.3, 0.4) is 0 Å². The van der Waals surface area contributed by atoms with Crippen molar-refractivity contribution < 1.29 is 9.57 Å². The Kier molecular flexibility index (Phi) is 6.71. The molecule has 1 N–H and O–H groups in total. The number of amidine groups is 1. The summed E-state index contributed by atoms with van der Waals surface area (Å²) in [7, 11) is 5.23. The molecule has 0 amide bonds. The number of hydrogen-bond donors (Lipinski definition) is 1. The van der Waals surface area contributed by atoms with Gasteiger partial charge in [0, 0.05) is 12.7 Å². The Bertz CT molecular complexity index is 856. The first-order valence-electron chi connectivity index (χ1n) is 9.57. The van der Waals surface area contributed by atoms with Gasteiger partial charge in [-0.1, -0.05) is 11.2 Å². The number of imidazole rings is 1. The van der Waals surface area contributed by atoms with Crippen LogP contribution in [0, 0.1) is 6.92 Å². The van der Waals surface area contributed by atoms with E-state index < -0.39 is 0 Å². The van der Waals surface area contributed by atoms with Gasteiger partial charge in [-0.2, -0.15) is 0 Å². The van der Waals surface area contributed by atoms with Crippen LogP contribution in [0.25, 0.3) is 11.8 Å². The van der Waals surface area contributed by atoms with Crippen molar-refractivity contribution in [1.82, 2.24) is 19.8 Å². The maximum atomic E-state index is 5.64. The number of benzene rings is 1. The van der Waals surface area contributed by atoms with E-state index in [1.165, 1.54) is 5.57 Å². The van der Waals surface area contributed by atoms with E-state index in [0.29, 0.717) is 0 Å². The molecule has 28 heavy (non-hydrogen) atoms. The second-order valence-corrected chi connectivity index (χ2v) is 6.85. The van der Waals surface area contributed by atoms with Crippen LogP contribution in [-0.4, -0.2) is 54.8 Å². The minimum atomic E-state index is 0.738. The lowest BCUT2D eigenvalue weighted by Gasteiger charge is -2.24. The number of rotatable bonds is 6. The van der Waals surface area contributed by atoms with Crippen LogP contribution in [0.1, 0.15) is 30.5 Å². The van der Waals surface area contributed by atoms with Crippen molar-refractivity contribution in [1.29, 1.82) is 0 Å². The Hall–Kier alpha value is -2.80. The predicted octanol–water partition coefficient (Wildman–Crippen LogP) is 3.20. The Labute approximate surface area is 166 Å². The number of nitrogens with one attached hydrogen (secondary N) is 1. The molecule has 0 saturated carbocycles. The zero-order chi connectivity index (χ0) is 19.9. The van der Waals surface area contributed by atoms with Gasteiger partial charge in [-0.05, 0) is 62.6 Å². The zero-order valence-electron chi connectivity index (χ0n) is 17.1. The molecule has 0 bridgehead atoms. The molecule has 2 aromatic rings. The minimum absolute atomic E-state index is 0.738. The van der Waals surface area contributed by atoms with Crippen LogP contribution >= 0.6 is 0 Å². The van der Waals surface area contributed by atoms with Crippen LogP contribution in [0.4, 0.5) is 0 Å². The molecule has 1 aromatic heterocycles. The number of methoxy groups -OCH3 is 1. The Morgan fingerprint density at radius 2 is 2.14 bits per heavy atom. The molecule has 0 aliphatic carbocycles. The highest BCUT2D eigenvalue weighted by Gasteiger charge is 2.20. The quantitative estimate of drug-likeness (QED) is 0.776. The molecule has 1 saturated heterocycles. The van der Waals surface area contributed by atoms with Gasteiger partial charge in [0.15, 0.2) is 5.84 Å². The standard InChI is InChI=1S/C21H29N5O2/c1-16-13-26(15-23-16)19-9-8-17(12-20(19)27-3)11-18-7-5-6-10-25(14-22-2)21(18)24-28-4/h8-9,11-13,15,22H,5-7,10,14H2,1-4H3/b18-11+,24-21-. The summed E-state index contributed by atoms with van der Waals surface area (Å²) in [5, 5.41) is 7.54. The van der Waals surface area contributed by atoms with Gasteiger partial charge >= 0.3 is 0 Å². The van der Waals surface area contributed by atoms with E-state index >= 15 is 0 Å². The first-order valence-corrected chi connectivity index (χ1v) is 9.57. The summed E-state index contributed by atoms with van der Waals surface area (Å²) in [6.45, 7) is 3.67. The number of ether oxygens (including phenoxy) is 1. The SMILES string of the molecule is CNCN1CCCCC(=C\c2ccc(-n3cnc(C)c3)c(OC)c2)/C1=N/OC. The molecule has 1 aromatic carbocycles. The molecular weight excluding hydrogens is 354 g/mol. The molecule has 3 rings (SSSR count). The fraction of sp³-hybridized carbons (Fsp3) is 0.429. The van der Waals surface area contributed by atoms with Crippen LogP contribution < -0.4 is 10.1 Å². The lowest BCUT2D eigenvalue weighted by molar-refractivity contribution is 0.205. The van der Waals surface area contributed by atoms with E-state index in [2.05, 4.69) is 44.6 Å². The van der Waals surface area contributed by atoms with E-state index in [9.17, 15) is 0 Å². The molecule has 1 fully saturated rings. The van der Waals surface area contributed by atoms with Gasteiger partial charge in [0.05, 0.1) is 31.5 Å². The lowest BCUT2D eigenvalue weighted by Crippen LogP contribution is -2.38. The Morgan fingerprint density at radius 3 is 2.82 bits per heavy atom. The average molecular weight is 383 g/mol. The first kappa shape index (κ1) is 19.9. The highest BCUT2D eigenvalue weighted by atomic mass is 16.6. The van der Waals surface area contributed by atoms with Gasteiger partial charge in [-0.25, -0.2) is 4.98 Å². The third kappa shape index (κ3) is 4.54. The van der Waals surface area contributed by atoms with Crippen LogP contribution in [0.5, 0.6) is 5.75 Å². The predicted molar refractivity (Wildman–Crippen MR) is 112 cm³/mol. The van der Waals surface area contributed by atoms with Crippen molar-refractivity contribution in [2.24, 2.45) is 5.16 Å². The molecule has 2 heterocycles. The second-order valence-electron chi connectivity index (χ2n) is 6.85. The number of nitrogens with zero attached hydrogens (tertiary/aromatic N) is 4. The largest absolute Gasteiger partial charge is 0.495 e. The highest BCUT2D eigenvalue weighted by molar-refractivity contribution is 6.02. The van der Waals surface area contributed by atoms with Crippen molar-refractivity contribution in [3.8, 4) is 11.4 Å². The first-order chi connectivity index (χ1) is 13.7. The topological polar surface area (TPSA) is 63.9 Å². The van der Waals surface area contributed by atoms with Gasteiger partial charge in [0.2, 0.25) is 0 Å². The van der Waals surface area contributed by atoms with Crippen molar-refractivity contribution in [3.05, 3.63) is 47.6 Å². The normalized spacial score (nSPS) is 17.8. The monoisotopic (exact) mass is 383 g/mol. The fourth-order valence-corrected chi connectivity index (χ4v) is 3.47. The minimum Gasteiger partial charge on any atom is -0.495 e. The molecular formula is C21H29N5O2. The van der Waals surface area contributed by atoms with Gasteiger partial charge in [-0.15, -0.1) is 0 Å². The number of hydrogen-bond acceptors (Lipinski definition) is 5. The lowest BCUT2D eigenvalue weighted by atomic mass is 10.0. The molecule has 0 atom stereocenters. The van der Waals surface area contributed by atoms with Gasteiger partial charge in [0.1, 0.15) is 12.9 Å². The van der Waals surface area contributed by atoms with Gasteiger partial charge in [-0.3, -0.25) is 0 Å². The smallest absolute Gasteiger partial charge is 0.172 e. The van der Waals surface area contributed by atoms with Crippen molar-refractivity contribution in [2.45, 2.75) is 26.2 Å². The number of aromatic nitrogens is 2. The Morgan fingerprint density at radius 1 is 1.29 bits per heavy atom. The molecule has 150 valence electrons. The summed E-state index contributed by atoms with van der Waals surface area (Å²) in [4.78, 5) is 11.7. The molecule has 1 aliphatic rings. The summed E-state index contributed by atoms with van der Waals surface area (Å²) in [6.07, 6.45) is 9.18. The van der Waals surface area contributed by atoms with E-state index in [4.69, 9.17) is 9.57 Å². The van der Waals surface area contributed by atoms with Crippen molar-refractivity contribution in [3.63, 3.8) is 0 Å². The van der Waals surface area contributed by atoms with Gasteiger partial charge < -0.3 is 24.4 Å². The van der Waals surface area contributed by atoms with Crippen molar-refractivity contribution >= 4 is 11.9 Å². The van der Waals surface area contributed by atoms with E-state index in [1.54, 1.807) is 20.5 Å². The second kappa shape index (κ2) is 9.41. The summed E-state index contributed by atoms with van der Waals surface area (Å²) in [5.41, 5.74) is 4.18. The molecule has 0 unspecified atom stereocenters. The maximum absolute atomic E-state index is 5.64. The van der Waals surface area contributed by atoms with Crippen LogP contribution in [0.2, 0.25) is 0 Å². The maximum Gasteiger partial charge on any atom is 0.172 e. The zero-order valence-corrected chi connectivity index (χ0v) is 17.1.